The quantitative estimate of drug-likeness (QED) is 0.549. The van der Waals surface area contributed by atoms with Gasteiger partial charge in [-0.1, -0.05) is 0 Å². The minimum Gasteiger partial charge on any atom is -0.450 e. The Kier molecular flexibility index (Phi) is 4.89. The topological polar surface area (TPSA) is 81.4 Å². The molecule has 0 aliphatic rings. The highest BCUT2D eigenvalue weighted by molar-refractivity contribution is 5.75. The highest BCUT2D eigenvalue weighted by Gasteiger charge is 1.98. The molecule has 0 rings (SSSR count). The van der Waals surface area contributed by atoms with Crippen molar-refractivity contribution in [1.82, 2.24) is 5.32 Å². The summed E-state index contributed by atoms with van der Waals surface area (Å²) in [6, 6.07) is 0. The summed E-state index contributed by atoms with van der Waals surface area (Å²) < 4.78 is 4.40. The number of amides is 2. The molecule has 0 aliphatic carbocycles. The minimum absolute atomic E-state index is 0.0712. The molecule has 3 N–H and O–H groups in total. The van der Waals surface area contributed by atoms with Gasteiger partial charge in [0.15, 0.2) is 0 Å². The second-order valence-corrected chi connectivity index (χ2v) is 1.94. The zero-order valence-corrected chi connectivity index (χ0v) is 6.42. The van der Waals surface area contributed by atoms with Gasteiger partial charge in [0.2, 0.25) is 5.91 Å². The van der Waals surface area contributed by atoms with E-state index in [1.165, 1.54) is 0 Å². The van der Waals surface area contributed by atoms with Crippen LogP contribution in [0.25, 0.3) is 0 Å². The SMILES string of the molecule is CNC(=O)CCCOC(N)=O. The molecule has 0 aromatic carbocycles. The second-order valence-electron chi connectivity index (χ2n) is 1.94. The smallest absolute Gasteiger partial charge is 0.404 e. The molecule has 5 nitrogen and oxygen atoms in total. The molecule has 0 saturated heterocycles. The number of hydrogen-bond acceptors (Lipinski definition) is 3. The largest absolute Gasteiger partial charge is 0.450 e. The van der Waals surface area contributed by atoms with Gasteiger partial charge in [-0.3, -0.25) is 4.79 Å². The molecule has 0 aromatic heterocycles. The fraction of sp³-hybridized carbons (Fsp3) is 0.667. The molecule has 0 radical (unpaired) electrons. The maximum absolute atomic E-state index is 10.6. The first-order valence-corrected chi connectivity index (χ1v) is 3.29. The highest BCUT2D eigenvalue weighted by Crippen LogP contribution is 1.89. The van der Waals surface area contributed by atoms with Gasteiger partial charge in [-0.25, -0.2) is 4.79 Å². The number of ether oxygens (including phenoxy) is 1. The number of hydrogen-bond donors (Lipinski definition) is 2. The van der Waals surface area contributed by atoms with Gasteiger partial charge in [-0.05, 0) is 6.42 Å². The van der Waals surface area contributed by atoms with Crippen LogP contribution in [0.5, 0.6) is 0 Å². The van der Waals surface area contributed by atoms with Crippen molar-refractivity contribution in [2.45, 2.75) is 12.8 Å². The van der Waals surface area contributed by atoms with Gasteiger partial charge >= 0.3 is 6.09 Å². The number of primary amides is 1. The Morgan fingerprint density at radius 1 is 1.55 bits per heavy atom. The Balaban J connectivity index is 3.14. The van der Waals surface area contributed by atoms with E-state index in [2.05, 4.69) is 15.8 Å². The number of nitrogens with one attached hydrogen (secondary N) is 1. The standard InChI is InChI=1S/C6H12N2O3/c1-8-5(9)3-2-4-11-6(7)10/h2-4H2,1H3,(H2,7,10)(H,8,9). The van der Waals surface area contributed by atoms with Gasteiger partial charge in [-0.15, -0.1) is 0 Å². The summed E-state index contributed by atoms with van der Waals surface area (Å²) >= 11 is 0. The third kappa shape index (κ3) is 6.63. The number of carbonyl (C=O) groups excluding carboxylic acids is 2. The molecule has 0 aromatic rings. The highest BCUT2D eigenvalue weighted by atomic mass is 16.5. The number of carbonyl (C=O) groups is 2. The van der Waals surface area contributed by atoms with Crippen molar-refractivity contribution in [3.63, 3.8) is 0 Å². The minimum atomic E-state index is -0.804. The van der Waals surface area contributed by atoms with Crippen LogP contribution in [0.1, 0.15) is 12.8 Å². The van der Waals surface area contributed by atoms with Crippen LogP contribution in [0, 0.1) is 0 Å². The lowest BCUT2D eigenvalue weighted by Gasteiger charge is -1.99. The van der Waals surface area contributed by atoms with Crippen LogP contribution in [0.2, 0.25) is 0 Å². The van der Waals surface area contributed by atoms with E-state index in [4.69, 9.17) is 0 Å². The summed E-state index contributed by atoms with van der Waals surface area (Å²) in [5.74, 6) is -0.0712. The maximum Gasteiger partial charge on any atom is 0.404 e. The van der Waals surface area contributed by atoms with E-state index in [-0.39, 0.29) is 12.5 Å². The van der Waals surface area contributed by atoms with Crippen LogP contribution in [-0.2, 0) is 9.53 Å². The molecule has 0 heterocycles. The summed E-state index contributed by atoms with van der Waals surface area (Å²) in [5, 5.41) is 2.44. The summed E-state index contributed by atoms with van der Waals surface area (Å²) in [6.45, 7) is 0.197. The molecule has 0 atom stereocenters. The predicted molar refractivity (Wildman–Crippen MR) is 38.8 cm³/mol. The molecule has 11 heavy (non-hydrogen) atoms. The van der Waals surface area contributed by atoms with Gasteiger partial charge in [0.05, 0.1) is 6.61 Å². The summed E-state index contributed by atoms with van der Waals surface area (Å²) in [5.41, 5.74) is 4.68. The Labute approximate surface area is 64.9 Å². The van der Waals surface area contributed by atoms with Gasteiger partial charge in [0.1, 0.15) is 0 Å². The summed E-state index contributed by atoms with van der Waals surface area (Å²) in [6.07, 6.45) is 0.0498. The van der Waals surface area contributed by atoms with Gasteiger partial charge in [-0.2, -0.15) is 0 Å². The second kappa shape index (κ2) is 5.52. The zero-order chi connectivity index (χ0) is 8.69. The van der Waals surface area contributed by atoms with Crippen LogP contribution in [-0.4, -0.2) is 25.7 Å². The molecule has 2 amide bonds. The van der Waals surface area contributed by atoms with E-state index in [1.807, 2.05) is 0 Å². The van der Waals surface area contributed by atoms with E-state index in [0.717, 1.165) is 0 Å². The molecule has 0 spiro atoms. The number of rotatable bonds is 4. The van der Waals surface area contributed by atoms with E-state index in [9.17, 15) is 9.59 Å². The molecular formula is C6H12N2O3. The Morgan fingerprint density at radius 3 is 2.64 bits per heavy atom. The lowest BCUT2D eigenvalue weighted by molar-refractivity contribution is -0.120. The number of nitrogens with two attached hydrogens (primary N) is 1. The van der Waals surface area contributed by atoms with Crippen molar-refractivity contribution in [3.8, 4) is 0 Å². The van der Waals surface area contributed by atoms with Crippen molar-refractivity contribution in [1.29, 1.82) is 0 Å². The molecule has 0 fully saturated rings. The van der Waals surface area contributed by atoms with Gasteiger partial charge in [0.25, 0.3) is 0 Å². The van der Waals surface area contributed by atoms with E-state index in [1.54, 1.807) is 7.05 Å². The third-order valence-electron chi connectivity index (χ3n) is 1.07. The first kappa shape index (κ1) is 9.74. The fourth-order valence-corrected chi connectivity index (χ4v) is 0.530. The fourth-order valence-electron chi connectivity index (χ4n) is 0.530. The normalized spacial score (nSPS) is 8.82. The predicted octanol–water partition coefficient (Wildman–Crippen LogP) is -0.392. The van der Waals surface area contributed by atoms with E-state index >= 15 is 0 Å². The molecule has 0 aliphatic heterocycles. The van der Waals surface area contributed by atoms with Crippen LogP contribution in [0.4, 0.5) is 4.79 Å². The van der Waals surface area contributed by atoms with E-state index in [0.29, 0.717) is 12.8 Å². The average molecular weight is 160 g/mol. The van der Waals surface area contributed by atoms with E-state index < -0.39 is 6.09 Å². The van der Waals surface area contributed by atoms with Crippen molar-refractivity contribution >= 4 is 12.0 Å². The van der Waals surface area contributed by atoms with Crippen LogP contribution >= 0.6 is 0 Å². The zero-order valence-electron chi connectivity index (χ0n) is 6.42. The monoisotopic (exact) mass is 160 g/mol. The Hall–Kier alpha value is -1.26. The molecular weight excluding hydrogens is 148 g/mol. The van der Waals surface area contributed by atoms with Crippen molar-refractivity contribution in [2.75, 3.05) is 13.7 Å². The molecule has 0 bridgehead atoms. The lowest BCUT2D eigenvalue weighted by atomic mass is 10.3. The lowest BCUT2D eigenvalue weighted by Crippen LogP contribution is -2.19. The molecule has 0 unspecified atom stereocenters. The maximum atomic E-state index is 10.6. The average Bonchev–Trinajstić information content (AvgIpc) is 1.97. The molecule has 0 saturated carbocycles. The van der Waals surface area contributed by atoms with Crippen LogP contribution < -0.4 is 11.1 Å². The van der Waals surface area contributed by atoms with Crippen molar-refractivity contribution in [2.24, 2.45) is 5.73 Å². The summed E-state index contributed by atoms with van der Waals surface area (Å²) in [7, 11) is 1.55. The van der Waals surface area contributed by atoms with Gasteiger partial charge < -0.3 is 15.8 Å². The van der Waals surface area contributed by atoms with Gasteiger partial charge in [0, 0.05) is 13.5 Å². The third-order valence-corrected chi connectivity index (χ3v) is 1.07. The molecule has 5 heteroatoms. The Morgan fingerprint density at radius 2 is 2.18 bits per heavy atom. The summed E-state index contributed by atoms with van der Waals surface area (Å²) in [4.78, 5) is 20.6. The van der Waals surface area contributed by atoms with Crippen molar-refractivity contribution < 1.29 is 14.3 Å². The van der Waals surface area contributed by atoms with Crippen LogP contribution in [0.3, 0.4) is 0 Å². The molecule has 64 valence electrons. The Bertz CT molecular complexity index is 147. The van der Waals surface area contributed by atoms with Crippen LogP contribution in [0.15, 0.2) is 0 Å². The first-order valence-electron chi connectivity index (χ1n) is 3.29. The van der Waals surface area contributed by atoms with Crippen molar-refractivity contribution in [3.05, 3.63) is 0 Å². The first-order chi connectivity index (χ1) is 5.16.